The number of nitrogens with zero attached hydrogens (tertiary/aromatic N) is 2. The summed E-state index contributed by atoms with van der Waals surface area (Å²) >= 11 is 0. The molecule has 1 N–H and O–H groups in total. The van der Waals surface area contributed by atoms with Crippen molar-refractivity contribution in [2.45, 2.75) is 52.6 Å². The third-order valence-electron chi connectivity index (χ3n) is 3.68. The van der Waals surface area contributed by atoms with E-state index in [9.17, 15) is 4.79 Å². The minimum atomic E-state index is -0.0480. The van der Waals surface area contributed by atoms with Gasteiger partial charge in [-0.25, -0.2) is 0 Å². The minimum absolute atomic E-state index is 0.0365. The highest BCUT2D eigenvalue weighted by molar-refractivity contribution is 5.92. The van der Waals surface area contributed by atoms with Gasteiger partial charge in [0.25, 0.3) is 5.91 Å². The number of amides is 1. The summed E-state index contributed by atoms with van der Waals surface area (Å²) in [5.74, 6) is -0.0365. The summed E-state index contributed by atoms with van der Waals surface area (Å²) in [5.41, 5.74) is 2.53. The van der Waals surface area contributed by atoms with E-state index in [1.807, 2.05) is 55.1 Å². The van der Waals surface area contributed by atoms with Gasteiger partial charge in [-0.3, -0.25) is 9.89 Å². The molecule has 0 aliphatic rings. The zero-order valence-electron chi connectivity index (χ0n) is 14.1. The number of carbonyl (C=O) groups excluding carboxylic acids is 1. The van der Waals surface area contributed by atoms with Crippen LogP contribution in [0.5, 0.6) is 0 Å². The first-order valence-electron chi connectivity index (χ1n) is 7.70. The van der Waals surface area contributed by atoms with Crippen LogP contribution in [0.3, 0.4) is 0 Å². The number of aromatic nitrogens is 2. The van der Waals surface area contributed by atoms with Crippen LogP contribution in [0.1, 0.15) is 56.4 Å². The van der Waals surface area contributed by atoms with Crippen LogP contribution >= 0.6 is 0 Å². The molecule has 4 nitrogen and oxygen atoms in total. The third-order valence-corrected chi connectivity index (χ3v) is 3.68. The van der Waals surface area contributed by atoms with E-state index in [2.05, 4.69) is 31.0 Å². The summed E-state index contributed by atoms with van der Waals surface area (Å²) in [6, 6.07) is 12.0. The van der Waals surface area contributed by atoms with E-state index in [0.29, 0.717) is 12.2 Å². The van der Waals surface area contributed by atoms with E-state index in [0.717, 1.165) is 11.3 Å². The quantitative estimate of drug-likeness (QED) is 0.934. The Bertz CT molecular complexity index is 623. The van der Waals surface area contributed by atoms with Crippen LogP contribution in [0, 0.1) is 0 Å². The number of aromatic amines is 1. The van der Waals surface area contributed by atoms with Crippen molar-refractivity contribution in [3.63, 3.8) is 0 Å². The number of hydrogen-bond acceptors (Lipinski definition) is 2. The van der Waals surface area contributed by atoms with E-state index < -0.39 is 0 Å². The zero-order chi connectivity index (χ0) is 16.3. The lowest BCUT2D eigenvalue weighted by Gasteiger charge is -2.26. The van der Waals surface area contributed by atoms with Crippen LogP contribution in [0.15, 0.2) is 36.4 Å². The normalized spacial score (nSPS) is 11.7. The molecular weight excluding hydrogens is 274 g/mol. The Hall–Kier alpha value is -2.10. The van der Waals surface area contributed by atoms with Gasteiger partial charge in [0.05, 0.1) is 0 Å². The number of benzene rings is 1. The molecule has 1 heterocycles. The summed E-state index contributed by atoms with van der Waals surface area (Å²) in [6.45, 7) is 10.9. The standard InChI is InChI=1S/C18H25N3O/c1-13(2)21(12-14-9-7-6-8-10-14)17(22)15-11-16(20-19-15)18(3,4)5/h6-11,13H,12H2,1-5H3,(H,19,20). The van der Waals surface area contributed by atoms with Crippen molar-refractivity contribution in [1.29, 1.82) is 0 Å². The molecule has 0 atom stereocenters. The summed E-state index contributed by atoms with van der Waals surface area (Å²) in [7, 11) is 0. The largest absolute Gasteiger partial charge is 0.331 e. The van der Waals surface area contributed by atoms with E-state index in [4.69, 9.17) is 0 Å². The summed E-state index contributed by atoms with van der Waals surface area (Å²) in [6.07, 6.45) is 0. The Morgan fingerprint density at radius 3 is 2.36 bits per heavy atom. The van der Waals surface area contributed by atoms with Crippen LogP contribution < -0.4 is 0 Å². The van der Waals surface area contributed by atoms with Crippen LogP contribution in [0.25, 0.3) is 0 Å². The maximum Gasteiger partial charge on any atom is 0.274 e. The predicted molar refractivity (Wildman–Crippen MR) is 88.7 cm³/mol. The lowest BCUT2D eigenvalue weighted by atomic mass is 9.92. The molecule has 4 heteroatoms. The van der Waals surface area contributed by atoms with Gasteiger partial charge in [-0.1, -0.05) is 51.1 Å². The van der Waals surface area contributed by atoms with Gasteiger partial charge >= 0.3 is 0 Å². The average molecular weight is 299 g/mol. The molecule has 2 rings (SSSR count). The highest BCUT2D eigenvalue weighted by Crippen LogP contribution is 2.21. The fraction of sp³-hybridized carbons (Fsp3) is 0.444. The molecule has 1 aromatic carbocycles. The van der Waals surface area contributed by atoms with E-state index in [1.54, 1.807) is 0 Å². The van der Waals surface area contributed by atoms with E-state index in [1.165, 1.54) is 0 Å². The SMILES string of the molecule is CC(C)N(Cc1ccccc1)C(=O)c1cc(C(C)(C)C)[nH]n1. The van der Waals surface area contributed by atoms with Gasteiger partial charge in [0.2, 0.25) is 0 Å². The highest BCUT2D eigenvalue weighted by Gasteiger charge is 2.24. The first kappa shape index (κ1) is 16.3. The number of nitrogens with one attached hydrogen (secondary N) is 1. The topological polar surface area (TPSA) is 49.0 Å². The molecule has 0 aliphatic carbocycles. The van der Waals surface area contributed by atoms with Gasteiger partial charge in [-0.15, -0.1) is 0 Å². The molecule has 1 amide bonds. The molecule has 0 radical (unpaired) electrons. The Kier molecular flexibility index (Phi) is 4.69. The molecule has 0 aliphatic heterocycles. The van der Waals surface area contributed by atoms with Gasteiger partial charge in [0, 0.05) is 23.7 Å². The zero-order valence-corrected chi connectivity index (χ0v) is 14.1. The van der Waals surface area contributed by atoms with Crippen LogP contribution in [-0.4, -0.2) is 27.0 Å². The second-order valence-electron chi connectivity index (χ2n) is 6.93. The number of hydrogen-bond donors (Lipinski definition) is 1. The molecular formula is C18H25N3O. The van der Waals surface area contributed by atoms with E-state index >= 15 is 0 Å². The third kappa shape index (κ3) is 3.75. The fourth-order valence-corrected chi connectivity index (χ4v) is 2.23. The average Bonchev–Trinajstić information content (AvgIpc) is 2.94. The first-order valence-corrected chi connectivity index (χ1v) is 7.70. The number of rotatable bonds is 4. The van der Waals surface area contributed by atoms with Crippen molar-refractivity contribution in [3.05, 3.63) is 53.3 Å². The van der Waals surface area contributed by atoms with Crippen molar-refractivity contribution in [3.8, 4) is 0 Å². The van der Waals surface area contributed by atoms with Crippen LogP contribution in [0.2, 0.25) is 0 Å². The number of H-pyrrole nitrogens is 1. The minimum Gasteiger partial charge on any atom is -0.331 e. The molecule has 0 unspecified atom stereocenters. The Morgan fingerprint density at radius 2 is 1.86 bits per heavy atom. The smallest absolute Gasteiger partial charge is 0.274 e. The van der Waals surface area contributed by atoms with Crippen molar-refractivity contribution < 1.29 is 4.79 Å². The lowest BCUT2D eigenvalue weighted by molar-refractivity contribution is 0.0684. The maximum atomic E-state index is 12.8. The molecule has 0 saturated carbocycles. The fourth-order valence-electron chi connectivity index (χ4n) is 2.23. The van der Waals surface area contributed by atoms with Crippen molar-refractivity contribution in [1.82, 2.24) is 15.1 Å². The molecule has 118 valence electrons. The summed E-state index contributed by atoms with van der Waals surface area (Å²) in [5, 5.41) is 7.20. The Balaban J connectivity index is 2.21. The van der Waals surface area contributed by atoms with Gasteiger partial charge < -0.3 is 4.90 Å². The molecule has 0 spiro atoms. The van der Waals surface area contributed by atoms with Gasteiger partial charge in [-0.05, 0) is 25.5 Å². The molecule has 2 aromatic rings. The number of carbonyl (C=O) groups is 1. The lowest BCUT2D eigenvalue weighted by Crippen LogP contribution is -2.36. The highest BCUT2D eigenvalue weighted by atomic mass is 16.2. The second-order valence-corrected chi connectivity index (χ2v) is 6.93. The van der Waals surface area contributed by atoms with E-state index in [-0.39, 0.29) is 17.4 Å². The summed E-state index contributed by atoms with van der Waals surface area (Å²) in [4.78, 5) is 14.6. The first-order chi connectivity index (χ1) is 10.3. The molecule has 22 heavy (non-hydrogen) atoms. The monoisotopic (exact) mass is 299 g/mol. The molecule has 1 aromatic heterocycles. The van der Waals surface area contributed by atoms with Crippen molar-refractivity contribution in [2.24, 2.45) is 0 Å². The Labute approximate surface area is 132 Å². The van der Waals surface area contributed by atoms with Crippen LogP contribution in [0.4, 0.5) is 0 Å². The van der Waals surface area contributed by atoms with Gasteiger partial charge in [0.15, 0.2) is 0 Å². The molecule has 0 bridgehead atoms. The van der Waals surface area contributed by atoms with Gasteiger partial charge in [-0.2, -0.15) is 5.10 Å². The van der Waals surface area contributed by atoms with Crippen LogP contribution in [-0.2, 0) is 12.0 Å². The summed E-state index contributed by atoms with van der Waals surface area (Å²) < 4.78 is 0. The molecule has 0 fully saturated rings. The predicted octanol–water partition coefficient (Wildman–Crippen LogP) is 3.76. The Morgan fingerprint density at radius 1 is 1.23 bits per heavy atom. The van der Waals surface area contributed by atoms with Gasteiger partial charge in [0.1, 0.15) is 5.69 Å². The second kappa shape index (κ2) is 6.34. The van der Waals surface area contributed by atoms with Crippen molar-refractivity contribution >= 4 is 5.91 Å². The van der Waals surface area contributed by atoms with Crippen molar-refractivity contribution in [2.75, 3.05) is 0 Å². The molecule has 0 saturated heterocycles. The maximum absolute atomic E-state index is 12.8.